The Bertz CT molecular complexity index is 602. The molecule has 21 heavy (non-hydrogen) atoms. The van der Waals surface area contributed by atoms with E-state index in [9.17, 15) is 0 Å². The van der Waals surface area contributed by atoms with Crippen molar-refractivity contribution in [2.24, 2.45) is 0 Å². The van der Waals surface area contributed by atoms with Crippen LogP contribution in [0.15, 0.2) is 48.5 Å². The van der Waals surface area contributed by atoms with E-state index in [1.54, 1.807) is 0 Å². The van der Waals surface area contributed by atoms with Gasteiger partial charge in [-0.1, -0.05) is 35.9 Å². The lowest BCUT2D eigenvalue weighted by atomic mass is 10.1. The minimum atomic E-state index is 0.0746. The van der Waals surface area contributed by atoms with Crippen molar-refractivity contribution in [1.82, 2.24) is 5.32 Å². The van der Waals surface area contributed by atoms with Crippen LogP contribution < -0.4 is 10.1 Å². The van der Waals surface area contributed by atoms with Gasteiger partial charge in [0.1, 0.15) is 11.8 Å². The van der Waals surface area contributed by atoms with Gasteiger partial charge in [-0.05, 0) is 42.3 Å². The fourth-order valence-electron chi connectivity index (χ4n) is 1.96. The Hall–Kier alpha value is -2.02. The van der Waals surface area contributed by atoms with Crippen LogP contribution in [0.5, 0.6) is 5.75 Å². The molecule has 0 aromatic heterocycles. The highest BCUT2D eigenvalue weighted by molar-refractivity contribution is 6.30. The maximum atomic E-state index is 8.46. The van der Waals surface area contributed by atoms with Gasteiger partial charge in [-0.2, -0.15) is 5.26 Å². The Morgan fingerprint density at radius 3 is 2.43 bits per heavy atom. The van der Waals surface area contributed by atoms with E-state index in [2.05, 4.69) is 12.2 Å². The number of ether oxygens (including phenoxy) is 1. The van der Waals surface area contributed by atoms with Crippen LogP contribution in [-0.2, 0) is 6.54 Å². The molecular weight excluding hydrogens is 284 g/mol. The molecule has 2 aromatic carbocycles. The molecule has 2 rings (SSSR count). The average molecular weight is 301 g/mol. The van der Waals surface area contributed by atoms with Crippen LogP contribution in [0, 0.1) is 11.3 Å². The molecule has 0 aliphatic carbocycles. The van der Waals surface area contributed by atoms with Gasteiger partial charge in [-0.15, -0.1) is 0 Å². The number of nitrogens with zero attached hydrogens (tertiary/aromatic N) is 1. The van der Waals surface area contributed by atoms with Crippen molar-refractivity contribution >= 4 is 11.6 Å². The van der Waals surface area contributed by atoms with Crippen LogP contribution in [0.2, 0.25) is 5.02 Å². The molecule has 0 saturated heterocycles. The smallest absolute Gasteiger partial charge is 0.174 e. The summed E-state index contributed by atoms with van der Waals surface area (Å²) in [5.41, 5.74) is 2.37. The van der Waals surface area contributed by atoms with E-state index >= 15 is 0 Å². The molecule has 108 valence electrons. The second-order valence-corrected chi connectivity index (χ2v) is 5.18. The summed E-state index contributed by atoms with van der Waals surface area (Å²) < 4.78 is 5.22. The summed E-state index contributed by atoms with van der Waals surface area (Å²) in [5, 5.41) is 12.7. The van der Waals surface area contributed by atoms with Crippen LogP contribution in [0.3, 0.4) is 0 Å². The van der Waals surface area contributed by atoms with Gasteiger partial charge < -0.3 is 10.1 Å². The van der Waals surface area contributed by atoms with Crippen molar-refractivity contribution in [1.29, 1.82) is 5.26 Å². The second kappa shape index (κ2) is 7.68. The molecule has 2 aromatic rings. The molecular formula is C17H17ClN2O. The van der Waals surface area contributed by atoms with Crippen LogP contribution in [-0.4, -0.2) is 6.61 Å². The van der Waals surface area contributed by atoms with Crippen LogP contribution in [0.4, 0.5) is 0 Å². The topological polar surface area (TPSA) is 45.0 Å². The number of nitriles is 1. The van der Waals surface area contributed by atoms with Gasteiger partial charge >= 0.3 is 0 Å². The van der Waals surface area contributed by atoms with Crippen molar-refractivity contribution in [2.45, 2.75) is 19.5 Å². The SMILES string of the molecule is CC(NCc1ccc(OCC#N)cc1)c1ccc(Cl)cc1. The van der Waals surface area contributed by atoms with Crippen molar-refractivity contribution < 1.29 is 4.74 Å². The quantitative estimate of drug-likeness (QED) is 0.874. The lowest BCUT2D eigenvalue weighted by molar-refractivity contribution is 0.368. The number of benzene rings is 2. The van der Waals surface area contributed by atoms with Gasteiger partial charge in [0.05, 0.1) is 0 Å². The van der Waals surface area contributed by atoms with E-state index in [1.165, 1.54) is 11.1 Å². The Morgan fingerprint density at radius 2 is 1.81 bits per heavy atom. The van der Waals surface area contributed by atoms with Gasteiger partial charge in [0, 0.05) is 17.6 Å². The highest BCUT2D eigenvalue weighted by Crippen LogP contribution is 2.17. The maximum absolute atomic E-state index is 8.46. The van der Waals surface area contributed by atoms with E-state index in [-0.39, 0.29) is 12.6 Å². The third-order valence-electron chi connectivity index (χ3n) is 3.21. The first-order chi connectivity index (χ1) is 10.2. The molecule has 1 unspecified atom stereocenters. The fraction of sp³-hybridized carbons (Fsp3) is 0.235. The molecule has 0 spiro atoms. The molecule has 0 radical (unpaired) electrons. The molecule has 3 nitrogen and oxygen atoms in total. The van der Waals surface area contributed by atoms with Crippen LogP contribution >= 0.6 is 11.6 Å². The summed E-state index contributed by atoms with van der Waals surface area (Å²) in [5.74, 6) is 0.714. The molecule has 4 heteroatoms. The number of hydrogen-bond acceptors (Lipinski definition) is 3. The minimum absolute atomic E-state index is 0.0746. The summed E-state index contributed by atoms with van der Waals surface area (Å²) in [6, 6.07) is 17.8. The van der Waals surface area contributed by atoms with Gasteiger partial charge in [-0.3, -0.25) is 0 Å². The lowest BCUT2D eigenvalue weighted by Gasteiger charge is -2.14. The molecule has 0 bridgehead atoms. The molecule has 1 N–H and O–H groups in total. The highest BCUT2D eigenvalue weighted by atomic mass is 35.5. The fourth-order valence-corrected chi connectivity index (χ4v) is 2.09. The van der Waals surface area contributed by atoms with E-state index in [1.807, 2.05) is 54.6 Å². The normalized spacial score (nSPS) is 11.7. The van der Waals surface area contributed by atoms with E-state index in [0.29, 0.717) is 5.75 Å². The van der Waals surface area contributed by atoms with Crippen LogP contribution in [0.25, 0.3) is 0 Å². The standard InChI is InChI=1S/C17H17ClN2O/c1-13(15-4-6-16(18)7-5-15)20-12-14-2-8-17(9-3-14)21-11-10-19/h2-9,13,20H,11-12H2,1H3. The predicted molar refractivity (Wildman–Crippen MR) is 84.3 cm³/mol. The Balaban J connectivity index is 1.87. The Morgan fingerprint density at radius 1 is 1.14 bits per heavy atom. The summed E-state index contributed by atoms with van der Waals surface area (Å²) in [6.07, 6.45) is 0. The van der Waals surface area contributed by atoms with E-state index in [0.717, 1.165) is 11.6 Å². The average Bonchev–Trinajstić information content (AvgIpc) is 2.52. The predicted octanol–water partition coefficient (Wildman–Crippen LogP) is 4.09. The zero-order chi connectivity index (χ0) is 15.1. The monoisotopic (exact) mass is 300 g/mol. The molecule has 0 saturated carbocycles. The van der Waals surface area contributed by atoms with Crippen LogP contribution in [0.1, 0.15) is 24.1 Å². The molecule has 0 aliphatic heterocycles. The third-order valence-corrected chi connectivity index (χ3v) is 3.46. The summed E-state index contributed by atoms with van der Waals surface area (Å²) in [6.45, 7) is 2.96. The minimum Gasteiger partial charge on any atom is -0.479 e. The van der Waals surface area contributed by atoms with Crippen molar-refractivity contribution in [2.75, 3.05) is 6.61 Å². The first-order valence-corrected chi connectivity index (χ1v) is 7.14. The molecule has 0 fully saturated rings. The van der Waals surface area contributed by atoms with E-state index in [4.69, 9.17) is 21.6 Å². The zero-order valence-corrected chi connectivity index (χ0v) is 12.6. The van der Waals surface area contributed by atoms with Gasteiger partial charge in [-0.25, -0.2) is 0 Å². The van der Waals surface area contributed by atoms with E-state index < -0.39 is 0 Å². The highest BCUT2D eigenvalue weighted by Gasteiger charge is 2.04. The zero-order valence-electron chi connectivity index (χ0n) is 11.8. The summed E-state index contributed by atoms with van der Waals surface area (Å²) in [7, 11) is 0. The second-order valence-electron chi connectivity index (χ2n) is 4.74. The summed E-state index contributed by atoms with van der Waals surface area (Å²) >= 11 is 5.89. The van der Waals surface area contributed by atoms with Crippen molar-refractivity contribution in [3.63, 3.8) is 0 Å². The van der Waals surface area contributed by atoms with Gasteiger partial charge in [0.25, 0.3) is 0 Å². The summed E-state index contributed by atoms with van der Waals surface area (Å²) in [4.78, 5) is 0. The maximum Gasteiger partial charge on any atom is 0.174 e. The largest absolute Gasteiger partial charge is 0.479 e. The molecule has 1 atom stereocenters. The first-order valence-electron chi connectivity index (χ1n) is 6.76. The molecule has 0 heterocycles. The van der Waals surface area contributed by atoms with Gasteiger partial charge in [0.15, 0.2) is 6.61 Å². The first kappa shape index (κ1) is 15.4. The number of rotatable bonds is 6. The van der Waals surface area contributed by atoms with Crippen molar-refractivity contribution in [3.8, 4) is 11.8 Å². The number of hydrogen-bond donors (Lipinski definition) is 1. The van der Waals surface area contributed by atoms with Crippen molar-refractivity contribution in [3.05, 3.63) is 64.7 Å². The molecule has 0 amide bonds. The Labute approximate surface area is 130 Å². The lowest BCUT2D eigenvalue weighted by Crippen LogP contribution is -2.17. The number of nitrogens with one attached hydrogen (secondary N) is 1. The third kappa shape index (κ3) is 4.78. The molecule has 0 aliphatic rings. The Kier molecular flexibility index (Phi) is 5.62. The van der Waals surface area contributed by atoms with Gasteiger partial charge in [0.2, 0.25) is 0 Å². The number of halogens is 1.